The molecule has 0 bridgehead atoms. The van der Waals surface area contributed by atoms with Crippen LogP contribution >= 0.6 is 0 Å². The molecule has 1 saturated heterocycles. The van der Waals surface area contributed by atoms with Crippen LogP contribution in [0.5, 0.6) is 0 Å². The van der Waals surface area contributed by atoms with Gasteiger partial charge in [0.15, 0.2) is 0 Å². The highest BCUT2D eigenvalue weighted by atomic mass is 32.2. The van der Waals surface area contributed by atoms with Crippen LogP contribution in [0.25, 0.3) is 11.4 Å². The minimum absolute atomic E-state index is 0.129. The van der Waals surface area contributed by atoms with Crippen molar-refractivity contribution in [3.8, 4) is 11.4 Å². The van der Waals surface area contributed by atoms with E-state index in [-0.39, 0.29) is 12.4 Å². The van der Waals surface area contributed by atoms with Crippen LogP contribution in [0, 0.1) is 0 Å². The molecule has 1 aliphatic heterocycles. The maximum atomic E-state index is 13.2. The first-order chi connectivity index (χ1) is 14.3. The molecule has 2 aromatic carbocycles. The van der Waals surface area contributed by atoms with E-state index in [9.17, 15) is 21.6 Å². The van der Waals surface area contributed by atoms with Gasteiger partial charge in [0.05, 0.1) is 10.5 Å². The number of rotatable bonds is 4. The minimum Gasteiger partial charge on any atom is -0.337 e. The van der Waals surface area contributed by atoms with Crippen molar-refractivity contribution in [1.82, 2.24) is 14.4 Å². The second-order valence-corrected chi connectivity index (χ2v) is 8.87. The van der Waals surface area contributed by atoms with Crippen molar-refractivity contribution < 1.29 is 26.1 Å². The highest BCUT2D eigenvalue weighted by Crippen LogP contribution is 2.37. The number of sulfonamides is 1. The fourth-order valence-electron chi connectivity index (χ4n) is 3.48. The molecule has 0 spiro atoms. The van der Waals surface area contributed by atoms with Crippen molar-refractivity contribution in [2.24, 2.45) is 0 Å². The SMILES string of the molecule is O=S(=O)(c1cccc(C(F)(F)F)c1)N1CCCCC1c1nc(-c2ccccc2)no1. The number of hydrogen-bond acceptors (Lipinski definition) is 5. The van der Waals surface area contributed by atoms with Gasteiger partial charge in [0.25, 0.3) is 0 Å². The maximum Gasteiger partial charge on any atom is 0.416 e. The van der Waals surface area contributed by atoms with Crippen LogP contribution in [0.15, 0.2) is 64.0 Å². The predicted molar refractivity (Wildman–Crippen MR) is 102 cm³/mol. The van der Waals surface area contributed by atoms with Gasteiger partial charge in [0.1, 0.15) is 6.04 Å². The summed E-state index contributed by atoms with van der Waals surface area (Å²) in [5.41, 5.74) is -0.295. The molecule has 1 atom stereocenters. The van der Waals surface area contributed by atoms with Crippen molar-refractivity contribution >= 4 is 10.0 Å². The molecular weight excluding hydrogens is 419 g/mol. The van der Waals surface area contributed by atoms with Gasteiger partial charge in [-0.05, 0) is 31.0 Å². The lowest BCUT2D eigenvalue weighted by atomic mass is 10.1. The summed E-state index contributed by atoms with van der Waals surface area (Å²) >= 11 is 0. The Hall–Kier alpha value is -2.72. The minimum atomic E-state index is -4.64. The molecule has 30 heavy (non-hydrogen) atoms. The Morgan fingerprint density at radius 3 is 2.53 bits per heavy atom. The normalized spacial score (nSPS) is 18.4. The Kier molecular flexibility index (Phi) is 5.37. The zero-order chi connectivity index (χ0) is 21.4. The Bertz CT molecular complexity index is 1130. The van der Waals surface area contributed by atoms with Crippen molar-refractivity contribution in [3.05, 3.63) is 66.1 Å². The van der Waals surface area contributed by atoms with Gasteiger partial charge in [-0.1, -0.05) is 48.0 Å². The summed E-state index contributed by atoms with van der Waals surface area (Å²) in [4.78, 5) is 3.94. The van der Waals surface area contributed by atoms with Crippen LogP contribution in [0.1, 0.15) is 36.8 Å². The van der Waals surface area contributed by atoms with Crippen LogP contribution in [-0.4, -0.2) is 29.4 Å². The third-order valence-corrected chi connectivity index (χ3v) is 6.88. The summed E-state index contributed by atoms with van der Waals surface area (Å²) in [6.45, 7) is 0.159. The number of benzene rings is 2. The highest BCUT2D eigenvalue weighted by molar-refractivity contribution is 7.89. The third kappa shape index (κ3) is 3.97. The number of hydrogen-bond donors (Lipinski definition) is 0. The summed E-state index contributed by atoms with van der Waals surface area (Å²) in [5, 5.41) is 3.94. The second-order valence-electron chi connectivity index (χ2n) is 6.98. The molecule has 3 aromatic rings. The van der Waals surface area contributed by atoms with E-state index < -0.39 is 32.7 Å². The van der Waals surface area contributed by atoms with Crippen LogP contribution in [0.4, 0.5) is 13.2 Å². The first kappa shape index (κ1) is 20.5. The van der Waals surface area contributed by atoms with E-state index >= 15 is 0 Å². The number of nitrogens with zero attached hydrogens (tertiary/aromatic N) is 3. The Morgan fingerprint density at radius 2 is 1.80 bits per heavy atom. The van der Waals surface area contributed by atoms with Gasteiger partial charge in [-0.3, -0.25) is 0 Å². The Morgan fingerprint density at radius 1 is 1.03 bits per heavy atom. The second kappa shape index (κ2) is 7.84. The fraction of sp³-hybridized carbons (Fsp3) is 0.300. The van der Waals surface area contributed by atoms with E-state index in [1.54, 1.807) is 12.1 Å². The number of halogens is 3. The van der Waals surface area contributed by atoms with Gasteiger partial charge in [-0.25, -0.2) is 8.42 Å². The smallest absolute Gasteiger partial charge is 0.337 e. The fourth-order valence-corrected chi connectivity index (χ4v) is 5.18. The van der Waals surface area contributed by atoms with Crippen molar-refractivity contribution in [2.45, 2.75) is 36.4 Å². The van der Waals surface area contributed by atoms with Gasteiger partial charge in [-0.2, -0.15) is 22.5 Å². The molecule has 158 valence electrons. The van der Waals surface area contributed by atoms with Gasteiger partial charge in [0, 0.05) is 12.1 Å². The van der Waals surface area contributed by atoms with Crippen molar-refractivity contribution in [3.63, 3.8) is 0 Å². The third-order valence-electron chi connectivity index (χ3n) is 4.98. The standard InChI is InChI=1S/C20H18F3N3O3S/c21-20(22,23)15-9-6-10-16(13-15)30(27,28)26-12-5-4-11-17(26)19-24-18(25-29-19)14-7-2-1-3-8-14/h1-3,6-10,13,17H,4-5,11-12H2. The molecule has 6 nitrogen and oxygen atoms in total. The van der Waals surface area contributed by atoms with E-state index in [2.05, 4.69) is 10.1 Å². The average Bonchev–Trinajstić information content (AvgIpc) is 3.24. The van der Waals surface area contributed by atoms with Gasteiger partial charge >= 0.3 is 6.18 Å². The predicted octanol–water partition coefficient (Wildman–Crippen LogP) is 4.67. The molecule has 1 unspecified atom stereocenters. The van der Waals surface area contributed by atoms with Gasteiger partial charge in [-0.15, -0.1) is 0 Å². The van der Waals surface area contributed by atoms with E-state index in [0.717, 1.165) is 28.4 Å². The molecule has 0 radical (unpaired) electrons. The number of aromatic nitrogens is 2. The quantitative estimate of drug-likeness (QED) is 0.593. The number of alkyl halides is 3. The summed E-state index contributed by atoms with van der Waals surface area (Å²) in [6, 6.07) is 12.1. The zero-order valence-corrected chi connectivity index (χ0v) is 16.5. The van der Waals surface area contributed by atoms with Gasteiger partial charge < -0.3 is 4.52 Å². The summed E-state index contributed by atoms with van der Waals surface area (Å²) in [5.74, 6) is 0.455. The molecular formula is C20H18F3N3O3S. The number of piperidine rings is 1. The van der Waals surface area contributed by atoms with Crippen LogP contribution < -0.4 is 0 Å². The Labute approximate surface area is 171 Å². The Balaban J connectivity index is 1.68. The largest absolute Gasteiger partial charge is 0.416 e. The lowest BCUT2D eigenvalue weighted by Crippen LogP contribution is -2.38. The van der Waals surface area contributed by atoms with Crippen LogP contribution in [0.2, 0.25) is 0 Å². The molecule has 0 N–H and O–H groups in total. The molecule has 1 aromatic heterocycles. The lowest BCUT2D eigenvalue weighted by molar-refractivity contribution is -0.137. The zero-order valence-electron chi connectivity index (χ0n) is 15.7. The highest BCUT2D eigenvalue weighted by Gasteiger charge is 2.39. The molecule has 0 aliphatic carbocycles. The van der Waals surface area contributed by atoms with Crippen LogP contribution in [0.3, 0.4) is 0 Å². The van der Waals surface area contributed by atoms with Crippen molar-refractivity contribution in [1.29, 1.82) is 0 Å². The van der Waals surface area contributed by atoms with Gasteiger partial charge in [0.2, 0.25) is 21.7 Å². The maximum absolute atomic E-state index is 13.2. The molecule has 1 fully saturated rings. The van der Waals surface area contributed by atoms with E-state index in [0.29, 0.717) is 24.7 Å². The first-order valence-corrected chi connectivity index (χ1v) is 10.8. The van der Waals surface area contributed by atoms with E-state index in [1.165, 1.54) is 6.07 Å². The van der Waals surface area contributed by atoms with E-state index in [4.69, 9.17) is 4.52 Å². The molecule has 4 rings (SSSR count). The average molecular weight is 437 g/mol. The topological polar surface area (TPSA) is 76.3 Å². The lowest BCUT2D eigenvalue weighted by Gasteiger charge is -2.32. The molecule has 10 heteroatoms. The van der Waals surface area contributed by atoms with Crippen LogP contribution in [-0.2, 0) is 16.2 Å². The molecule has 2 heterocycles. The van der Waals surface area contributed by atoms with E-state index in [1.807, 2.05) is 18.2 Å². The summed E-state index contributed by atoms with van der Waals surface area (Å²) in [7, 11) is -4.19. The molecule has 1 aliphatic rings. The summed E-state index contributed by atoms with van der Waals surface area (Å²) in [6.07, 6.45) is -2.87. The summed E-state index contributed by atoms with van der Waals surface area (Å²) < 4.78 is 72.1. The first-order valence-electron chi connectivity index (χ1n) is 9.35. The molecule has 0 saturated carbocycles. The monoisotopic (exact) mass is 437 g/mol. The molecule has 0 amide bonds. The van der Waals surface area contributed by atoms with Crippen molar-refractivity contribution in [2.75, 3.05) is 6.54 Å².